The van der Waals surface area contributed by atoms with Crippen LogP contribution in [0, 0.1) is 12.7 Å². The minimum atomic E-state index is -0.841. The fourth-order valence-corrected chi connectivity index (χ4v) is 2.25. The minimum absolute atomic E-state index is 0.318. The van der Waals surface area contributed by atoms with Crippen LogP contribution in [0.2, 0.25) is 0 Å². The van der Waals surface area contributed by atoms with Gasteiger partial charge in [0.15, 0.2) is 0 Å². The topological polar surface area (TPSA) is 29.5 Å². The van der Waals surface area contributed by atoms with E-state index in [0.717, 1.165) is 24.2 Å². The van der Waals surface area contributed by atoms with E-state index in [1.807, 2.05) is 31.2 Å². The molecular weight excluding hydrogens is 255 g/mol. The van der Waals surface area contributed by atoms with Gasteiger partial charge in [-0.05, 0) is 60.7 Å². The fourth-order valence-electron chi connectivity index (χ4n) is 2.25. The summed E-state index contributed by atoms with van der Waals surface area (Å²) < 4.78 is 19.1. The number of aliphatic hydroxyl groups is 1. The van der Waals surface area contributed by atoms with E-state index in [0.29, 0.717) is 17.2 Å². The van der Waals surface area contributed by atoms with Crippen molar-refractivity contribution in [2.45, 2.75) is 32.0 Å². The smallest absolute Gasteiger partial charge is 0.123 e. The maximum Gasteiger partial charge on any atom is 0.123 e. The highest BCUT2D eigenvalue weighted by Gasteiger charge is 2.23. The van der Waals surface area contributed by atoms with Gasteiger partial charge in [0, 0.05) is 0 Å². The zero-order valence-electron chi connectivity index (χ0n) is 11.3. The van der Waals surface area contributed by atoms with E-state index >= 15 is 0 Å². The second-order valence-electron chi connectivity index (χ2n) is 5.35. The Morgan fingerprint density at radius 2 is 1.95 bits per heavy atom. The third kappa shape index (κ3) is 2.99. The Bertz CT molecular complexity index is 600. The monoisotopic (exact) mass is 272 g/mol. The van der Waals surface area contributed by atoms with Crippen molar-refractivity contribution in [1.29, 1.82) is 0 Å². The zero-order valence-corrected chi connectivity index (χ0v) is 11.3. The predicted octanol–water partition coefficient (Wildman–Crippen LogP) is 3.76. The summed E-state index contributed by atoms with van der Waals surface area (Å²) in [5.74, 6) is 0.432. The van der Waals surface area contributed by atoms with Crippen LogP contribution >= 0.6 is 0 Å². The van der Waals surface area contributed by atoms with Crippen LogP contribution in [0.15, 0.2) is 42.5 Å². The van der Waals surface area contributed by atoms with Gasteiger partial charge in [-0.2, -0.15) is 0 Å². The largest absolute Gasteiger partial charge is 0.490 e. The summed E-state index contributed by atoms with van der Waals surface area (Å²) in [6.45, 7) is 1.81. The van der Waals surface area contributed by atoms with Crippen molar-refractivity contribution < 1.29 is 14.2 Å². The molecule has 0 heterocycles. The lowest BCUT2D eigenvalue weighted by Gasteiger charge is -2.14. The minimum Gasteiger partial charge on any atom is -0.490 e. The molecule has 0 aliphatic heterocycles. The molecule has 0 amide bonds. The van der Waals surface area contributed by atoms with Gasteiger partial charge in [0.1, 0.15) is 17.7 Å². The normalized spacial score (nSPS) is 15.9. The number of rotatable bonds is 4. The number of aryl methyl sites for hydroxylation is 1. The van der Waals surface area contributed by atoms with Gasteiger partial charge in [-0.25, -0.2) is 4.39 Å². The van der Waals surface area contributed by atoms with E-state index in [9.17, 15) is 9.50 Å². The van der Waals surface area contributed by atoms with Crippen LogP contribution in [0.5, 0.6) is 5.75 Å². The Morgan fingerprint density at radius 3 is 2.65 bits per heavy atom. The quantitative estimate of drug-likeness (QED) is 0.918. The summed E-state index contributed by atoms with van der Waals surface area (Å²) in [4.78, 5) is 0. The SMILES string of the molecule is Cc1cc(F)cc(C(O)c2cccc(OC3CC3)c2)c1. The van der Waals surface area contributed by atoms with E-state index < -0.39 is 6.10 Å². The van der Waals surface area contributed by atoms with Gasteiger partial charge in [0.2, 0.25) is 0 Å². The van der Waals surface area contributed by atoms with Crippen LogP contribution in [0.4, 0.5) is 4.39 Å². The molecule has 0 aromatic heterocycles. The molecule has 1 N–H and O–H groups in total. The van der Waals surface area contributed by atoms with Crippen LogP contribution in [0.25, 0.3) is 0 Å². The van der Waals surface area contributed by atoms with Gasteiger partial charge in [-0.1, -0.05) is 18.2 Å². The van der Waals surface area contributed by atoms with Crippen LogP contribution in [0.1, 0.15) is 35.6 Å². The van der Waals surface area contributed by atoms with Gasteiger partial charge in [-0.15, -0.1) is 0 Å². The summed E-state index contributed by atoms with van der Waals surface area (Å²) in [5.41, 5.74) is 2.07. The number of hydrogen-bond donors (Lipinski definition) is 1. The highest BCUT2D eigenvalue weighted by Crippen LogP contribution is 2.30. The van der Waals surface area contributed by atoms with Crippen LogP contribution in [0.3, 0.4) is 0 Å². The number of aliphatic hydroxyl groups excluding tert-OH is 1. The van der Waals surface area contributed by atoms with E-state index in [4.69, 9.17) is 4.74 Å². The molecule has 1 fully saturated rings. The second kappa shape index (κ2) is 5.25. The van der Waals surface area contributed by atoms with Crippen molar-refractivity contribution in [1.82, 2.24) is 0 Å². The molecule has 1 aliphatic rings. The number of halogens is 1. The first-order valence-electron chi connectivity index (χ1n) is 6.83. The van der Waals surface area contributed by atoms with Crippen LogP contribution in [-0.4, -0.2) is 11.2 Å². The summed E-state index contributed by atoms with van der Waals surface area (Å²) in [7, 11) is 0. The molecule has 2 nitrogen and oxygen atoms in total. The fraction of sp³-hybridized carbons (Fsp3) is 0.294. The van der Waals surface area contributed by atoms with Crippen LogP contribution < -0.4 is 4.74 Å². The summed E-state index contributed by atoms with van der Waals surface area (Å²) >= 11 is 0. The third-order valence-electron chi connectivity index (χ3n) is 3.38. The number of benzene rings is 2. The van der Waals surface area contributed by atoms with E-state index in [-0.39, 0.29) is 5.82 Å². The molecule has 2 aromatic carbocycles. The molecule has 3 heteroatoms. The first-order valence-corrected chi connectivity index (χ1v) is 6.83. The molecule has 1 saturated carbocycles. The molecule has 0 saturated heterocycles. The molecule has 1 aliphatic carbocycles. The Hall–Kier alpha value is -1.87. The second-order valence-corrected chi connectivity index (χ2v) is 5.35. The lowest BCUT2D eigenvalue weighted by molar-refractivity contribution is 0.218. The first-order chi connectivity index (χ1) is 9.61. The van der Waals surface area contributed by atoms with Gasteiger partial charge in [0.05, 0.1) is 6.10 Å². The van der Waals surface area contributed by atoms with Gasteiger partial charge in [-0.3, -0.25) is 0 Å². The molecule has 1 atom stereocenters. The molecule has 2 aromatic rings. The Kier molecular flexibility index (Phi) is 3.45. The lowest BCUT2D eigenvalue weighted by Crippen LogP contribution is -2.02. The van der Waals surface area contributed by atoms with Gasteiger partial charge in [0.25, 0.3) is 0 Å². The van der Waals surface area contributed by atoms with Crippen molar-refractivity contribution in [3.05, 3.63) is 65.0 Å². The standard InChI is InChI=1S/C17H17FO2/c1-11-7-13(9-14(18)8-11)17(19)12-3-2-4-16(10-12)20-15-5-6-15/h2-4,7-10,15,17,19H,5-6H2,1H3. The predicted molar refractivity (Wildman–Crippen MR) is 75.3 cm³/mol. The van der Waals surface area contributed by atoms with E-state index in [2.05, 4.69) is 0 Å². The van der Waals surface area contributed by atoms with Crippen molar-refractivity contribution in [3.63, 3.8) is 0 Å². The molecule has 0 bridgehead atoms. The highest BCUT2D eigenvalue weighted by molar-refractivity contribution is 5.37. The third-order valence-corrected chi connectivity index (χ3v) is 3.38. The summed E-state index contributed by atoms with van der Waals surface area (Å²) in [5, 5.41) is 10.4. The Morgan fingerprint density at radius 1 is 1.15 bits per heavy atom. The van der Waals surface area contributed by atoms with Crippen LogP contribution in [-0.2, 0) is 0 Å². The zero-order chi connectivity index (χ0) is 14.1. The van der Waals surface area contributed by atoms with Crippen molar-refractivity contribution in [3.8, 4) is 5.75 Å². The average Bonchev–Trinajstić information content (AvgIpc) is 3.21. The maximum absolute atomic E-state index is 13.4. The van der Waals surface area contributed by atoms with Crippen molar-refractivity contribution in [2.24, 2.45) is 0 Å². The molecule has 0 radical (unpaired) electrons. The molecule has 3 rings (SSSR count). The Balaban J connectivity index is 1.86. The van der Waals surface area contributed by atoms with Crippen molar-refractivity contribution in [2.75, 3.05) is 0 Å². The first kappa shape index (κ1) is 13.1. The summed E-state index contributed by atoms with van der Waals surface area (Å²) in [6, 6.07) is 12.0. The van der Waals surface area contributed by atoms with E-state index in [1.165, 1.54) is 12.1 Å². The Labute approximate surface area is 117 Å². The number of hydrogen-bond acceptors (Lipinski definition) is 2. The maximum atomic E-state index is 13.4. The molecular formula is C17H17FO2. The number of ether oxygens (including phenoxy) is 1. The lowest BCUT2D eigenvalue weighted by atomic mass is 9.99. The van der Waals surface area contributed by atoms with Gasteiger partial charge < -0.3 is 9.84 Å². The van der Waals surface area contributed by atoms with Gasteiger partial charge >= 0.3 is 0 Å². The molecule has 0 spiro atoms. The summed E-state index contributed by atoms with van der Waals surface area (Å²) in [6.07, 6.45) is 1.66. The van der Waals surface area contributed by atoms with E-state index in [1.54, 1.807) is 6.07 Å². The van der Waals surface area contributed by atoms with Crippen molar-refractivity contribution >= 4 is 0 Å². The molecule has 1 unspecified atom stereocenters. The molecule has 20 heavy (non-hydrogen) atoms. The average molecular weight is 272 g/mol. The highest BCUT2D eigenvalue weighted by atomic mass is 19.1. The molecule has 104 valence electrons.